The molecule has 28 heavy (non-hydrogen) atoms. The first-order valence-corrected chi connectivity index (χ1v) is 12.0. The second kappa shape index (κ2) is 8.03. The van der Waals surface area contributed by atoms with Crippen molar-refractivity contribution in [2.24, 2.45) is 17.8 Å². The van der Waals surface area contributed by atoms with Crippen LogP contribution in [0.1, 0.15) is 51.9 Å². The SMILES string of the molecule is CCOc1ccc(NC(=O)C2CC3CCC2C3)cc1S(=O)(=O)N1CCCCC1. The molecule has 1 aliphatic heterocycles. The number of anilines is 1. The van der Waals surface area contributed by atoms with E-state index in [1.165, 1.54) is 10.7 Å². The minimum Gasteiger partial charge on any atom is -0.492 e. The molecular weight excluding hydrogens is 376 g/mol. The van der Waals surface area contributed by atoms with Crippen LogP contribution in [0.5, 0.6) is 5.75 Å². The van der Waals surface area contributed by atoms with Crippen molar-refractivity contribution < 1.29 is 17.9 Å². The molecule has 1 N–H and O–H groups in total. The summed E-state index contributed by atoms with van der Waals surface area (Å²) in [5.41, 5.74) is 0.534. The van der Waals surface area contributed by atoms with Gasteiger partial charge in [0.1, 0.15) is 10.6 Å². The number of hydrogen-bond acceptors (Lipinski definition) is 4. The molecule has 6 nitrogen and oxygen atoms in total. The summed E-state index contributed by atoms with van der Waals surface area (Å²) >= 11 is 0. The molecule has 3 aliphatic rings. The molecule has 2 bridgehead atoms. The fourth-order valence-electron chi connectivity index (χ4n) is 5.11. The normalized spacial score (nSPS) is 27.7. The molecule has 0 spiro atoms. The maximum atomic E-state index is 13.2. The number of carbonyl (C=O) groups excluding carboxylic acids is 1. The Balaban J connectivity index is 1.57. The van der Waals surface area contributed by atoms with E-state index in [2.05, 4.69) is 5.32 Å². The Morgan fingerprint density at radius 1 is 1.18 bits per heavy atom. The van der Waals surface area contributed by atoms with Crippen LogP contribution in [-0.4, -0.2) is 38.3 Å². The zero-order valence-corrected chi connectivity index (χ0v) is 17.3. The van der Waals surface area contributed by atoms with Crippen molar-refractivity contribution in [3.05, 3.63) is 18.2 Å². The number of piperidine rings is 1. The van der Waals surface area contributed by atoms with E-state index in [1.54, 1.807) is 18.2 Å². The number of nitrogens with one attached hydrogen (secondary N) is 1. The minimum atomic E-state index is -3.64. The molecular formula is C21H30N2O4S. The summed E-state index contributed by atoms with van der Waals surface area (Å²) in [4.78, 5) is 12.9. The van der Waals surface area contributed by atoms with Crippen molar-refractivity contribution >= 4 is 21.6 Å². The molecule has 0 aromatic heterocycles. The molecule has 1 saturated heterocycles. The molecule has 0 radical (unpaired) electrons. The molecule has 1 amide bonds. The number of fused-ring (bicyclic) bond motifs is 2. The summed E-state index contributed by atoms with van der Waals surface area (Å²) in [6.07, 6.45) is 7.33. The van der Waals surface area contributed by atoms with Crippen LogP contribution in [0, 0.1) is 17.8 Å². The van der Waals surface area contributed by atoms with E-state index in [0.717, 1.165) is 38.5 Å². The van der Waals surface area contributed by atoms with E-state index in [0.29, 0.717) is 43.0 Å². The lowest BCUT2D eigenvalue weighted by atomic mass is 9.88. The first-order chi connectivity index (χ1) is 13.5. The zero-order valence-electron chi connectivity index (χ0n) is 16.5. The van der Waals surface area contributed by atoms with E-state index >= 15 is 0 Å². The lowest BCUT2D eigenvalue weighted by Gasteiger charge is -2.27. The van der Waals surface area contributed by atoms with Crippen LogP contribution in [0.15, 0.2) is 23.1 Å². The Hall–Kier alpha value is -1.60. The Labute approximate surface area is 167 Å². The third-order valence-electron chi connectivity index (χ3n) is 6.52. The average molecular weight is 407 g/mol. The molecule has 154 valence electrons. The summed E-state index contributed by atoms with van der Waals surface area (Å²) in [6, 6.07) is 4.97. The van der Waals surface area contributed by atoms with Crippen LogP contribution < -0.4 is 10.1 Å². The maximum absolute atomic E-state index is 13.2. The summed E-state index contributed by atoms with van der Waals surface area (Å²) in [5.74, 6) is 1.62. The van der Waals surface area contributed by atoms with Gasteiger partial charge >= 0.3 is 0 Å². The second-order valence-electron chi connectivity index (χ2n) is 8.33. The topological polar surface area (TPSA) is 75.7 Å². The van der Waals surface area contributed by atoms with Crippen LogP contribution in [0.3, 0.4) is 0 Å². The molecule has 4 rings (SSSR count). The number of benzene rings is 1. The van der Waals surface area contributed by atoms with Gasteiger partial charge in [-0.25, -0.2) is 8.42 Å². The van der Waals surface area contributed by atoms with Crippen molar-refractivity contribution in [3.8, 4) is 5.75 Å². The van der Waals surface area contributed by atoms with Gasteiger partial charge in [-0.2, -0.15) is 4.31 Å². The number of amides is 1. The molecule has 3 fully saturated rings. The first-order valence-electron chi connectivity index (χ1n) is 10.6. The third kappa shape index (κ3) is 3.79. The van der Waals surface area contributed by atoms with Crippen molar-refractivity contribution in [1.82, 2.24) is 4.31 Å². The Morgan fingerprint density at radius 3 is 2.61 bits per heavy atom. The lowest BCUT2D eigenvalue weighted by Crippen LogP contribution is -2.36. The van der Waals surface area contributed by atoms with Crippen LogP contribution in [0.2, 0.25) is 0 Å². The number of nitrogens with zero attached hydrogens (tertiary/aromatic N) is 1. The third-order valence-corrected chi connectivity index (χ3v) is 8.44. The Morgan fingerprint density at radius 2 is 1.96 bits per heavy atom. The smallest absolute Gasteiger partial charge is 0.246 e. The van der Waals surface area contributed by atoms with Gasteiger partial charge in [-0.1, -0.05) is 12.8 Å². The van der Waals surface area contributed by atoms with Crippen molar-refractivity contribution in [1.29, 1.82) is 0 Å². The van der Waals surface area contributed by atoms with Gasteiger partial charge in [0.25, 0.3) is 0 Å². The number of rotatable bonds is 6. The quantitative estimate of drug-likeness (QED) is 0.783. The van der Waals surface area contributed by atoms with Gasteiger partial charge < -0.3 is 10.1 Å². The first kappa shape index (κ1) is 19.7. The average Bonchev–Trinajstić information content (AvgIpc) is 3.33. The Kier molecular flexibility index (Phi) is 5.65. The van der Waals surface area contributed by atoms with Gasteiger partial charge in [0, 0.05) is 24.7 Å². The highest BCUT2D eigenvalue weighted by atomic mass is 32.2. The standard InChI is InChI=1S/C21H30N2O4S/c1-2-27-19-9-8-17(22-21(24)18-13-15-6-7-16(18)12-15)14-20(19)28(25,26)23-10-4-3-5-11-23/h8-9,14-16,18H,2-7,10-13H2,1H3,(H,22,24). The van der Waals surface area contributed by atoms with Crippen molar-refractivity contribution in [2.45, 2.75) is 56.8 Å². The van der Waals surface area contributed by atoms with Crippen molar-refractivity contribution in [3.63, 3.8) is 0 Å². The van der Waals surface area contributed by atoms with E-state index in [9.17, 15) is 13.2 Å². The highest BCUT2D eigenvalue weighted by molar-refractivity contribution is 7.89. The summed E-state index contributed by atoms with van der Waals surface area (Å²) in [6.45, 7) is 3.30. The van der Waals surface area contributed by atoms with Gasteiger partial charge in [0.2, 0.25) is 15.9 Å². The molecule has 2 saturated carbocycles. The van der Waals surface area contributed by atoms with Crippen molar-refractivity contribution in [2.75, 3.05) is 25.0 Å². The van der Waals surface area contributed by atoms with E-state index in [4.69, 9.17) is 4.74 Å². The molecule has 3 atom stereocenters. The van der Waals surface area contributed by atoms with E-state index in [-0.39, 0.29) is 16.7 Å². The summed E-state index contributed by atoms with van der Waals surface area (Å²) in [5, 5.41) is 2.98. The van der Waals surface area contributed by atoms with Crippen LogP contribution in [-0.2, 0) is 14.8 Å². The van der Waals surface area contributed by atoms with Gasteiger partial charge in [-0.05, 0) is 69.1 Å². The number of carbonyl (C=O) groups is 1. The summed E-state index contributed by atoms with van der Waals surface area (Å²) in [7, 11) is -3.64. The fourth-order valence-corrected chi connectivity index (χ4v) is 6.78. The van der Waals surface area contributed by atoms with Crippen LogP contribution >= 0.6 is 0 Å². The van der Waals surface area contributed by atoms with Gasteiger partial charge in [0.15, 0.2) is 0 Å². The highest BCUT2D eigenvalue weighted by Gasteiger charge is 2.43. The Bertz CT molecular complexity index is 833. The summed E-state index contributed by atoms with van der Waals surface area (Å²) < 4.78 is 33.6. The molecule has 7 heteroatoms. The number of hydrogen-bond donors (Lipinski definition) is 1. The van der Waals surface area contributed by atoms with Gasteiger partial charge in [-0.3, -0.25) is 4.79 Å². The molecule has 1 heterocycles. The lowest BCUT2D eigenvalue weighted by molar-refractivity contribution is -0.121. The van der Waals surface area contributed by atoms with Gasteiger partial charge in [0.05, 0.1) is 6.61 Å². The predicted octanol–water partition coefficient (Wildman–Crippen LogP) is 3.63. The number of sulfonamides is 1. The highest BCUT2D eigenvalue weighted by Crippen LogP contribution is 2.48. The van der Waals surface area contributed by atoms with Gasteiger partial charge in [-0.15, -0.1) is 0 Å². The minimum absolute atomic E-state index is 0.0256. The fraction of sp³-hybridized carbons (Fsp3) is 0.667. The van der Waals surface area contributed by atoms with E-state index in [1.807, 2.05) is 6.92 Å². The largest absolute Gasteiger partial charge is 0.492 e. The second-order valence-corrected chi connectivity index (χ2v) is 10.2. The maximum Gasteiger partial charge on any atom is 0.246 e. The molecule has 1 aromatic rings. The van der Waals surface area contributed by atoms with E-state index < -0.39 is 10.0 Å². The monoisotopic (exact) mass is 406 g/mol. The predicted molar refractivity (Wildman–Crippen MR) is 108 cm³/mol. The zero-order chi connectivity index (χ0) is 19.7. The molecule has 2 aliphatic carbocycles. The van der Waals surface area contributed by atoms with Crippen LogP contribution in [0.4, 0.5) is 5.69 Å². The van der Waals surface area contributed by atoms with Crippen LogP contribution in [0.25, 0.3) is 0 Å². The number of ether oxygens (including phenoxy) is 1. The molecule has 3 unspecified atom stereocenters. The molecule has 1 aromatic carbocycles.